The monoisotopic (exact) mass is 235 g/mol. The molecule has 0 unspecified atom stereocenters. The Labute approximate surface area is 98.0 Å². The topological polar surface area (TPSA) is 39.2 Å². The summed E-state index contributed by atoms with van der Waals surface area (Å²) in [6.07, 6.45) is 0. The lowest BCUT2D eigenvalue weighted by molar-refractivity contribution is 0.0594. The number of nitrogens with zero attached hydrogens (tertiary/aromatic N) is 1. The maximum absolute atomic E-state index is 11.3. The average molecular weight is 236 g/mol. The van der Waals surface area contributed by atoms with Crippen molar-refractivity contribution < 1.29 is 9.53 Å². The Balaban J connectivity index is 2.70. The number of esters is 1. The molecular formula is C12H10ClNO2. The zero-order chi connectivity index (χ0) is 11.7. The third-order valence-electron chi connectivity index (χ3n) is 2.40. The van der Waals surface area contributed by atoms with Gasteiger partial charge in [-0.3, -0.25) is 0 Å². The molecule has 1 aromatic heterocycles. The van der Waals surface area contributed by atoms with E-state index in [1.807, 2.05) is 19.1 Å². The standard InChI is InChI=1S/C12H10ClNO2/c1-7-3-5-9(13)8-4-6-10(12(15)16-2)14-11(7)8/h3-6H,1-2H3. The molecule has 0 atom stereocenters. The second kappa shape index (κ2) is 4.10. The smallest absolute Gasteiger partial charge is 0.356 e. The summed E-state index contributed by atoms with van der Waals surface area (Å²) < 4.78 is 4.62. The lowest BCUT2D eigenvalue weighted by atomic mass is 10.1. The van der Waals surface area contributed by atoms with E-state index in [2.05, 4.69) is 9.72 Å². The molecular weight excluding hydrogens is 226 g/mol. The van der Waals surface area contributed by atoms with Crippen LogP contribution in [0.3, 0.4) is 0 Å². The molecule has 1 heterocycles. The number of ether oxygens (including phenoxy) is 1. The number of halogens is 1. The van der Waals surface area contributed by atoms with Gasteiger partial charge in [-0.05, 0) is 30.7 Å². The minimum atomic E-state index is -0.443. The highest BCUT2D eigenvalue weighted by atomic mass is 35.5. The van der Waals surface area contributed by atoms with Crippen LogP contribution in [0.2, 0.25) is 5.02 Å². The van der Waals surface area contributed by atoms with Crippen LogP contribution in [0.5, 0.6) is 0 Å². The number of fused-ring (bicyclic) bond motifs is 1. The molecule has 16 heavy (non-hydrogen) atoms. The zero-order valence-electron chi connectivity index (χ0n) is 8.95. The number of carbonyl (C=O) groups is 1. The van der Waals surface area contributed by atoms with Gasteiger partial charge in [0.05, 0.1) is 12.6 Å². The number of carbonyl (C=O) groups excluding carboxylic acids is 1. The van der Waals surface area contributed by atoms with Crippen molar-refractivity contribution in [3.05, 3.63) is 40.5 Å². The Morgan fingerprint density at radius 3 is 2.75 bits per heavy atom. The molecule has 1 aromatic carbocycles. The van der Waals surface area contributed by atoms with Crippen molar-refractivity contribution in [3.8, 4) is 0 Å². The second-order valence-electron chi connectivity index (χ2n) is 3.45. The molecule has 0 aliphatic rings. The Bertz CT molecular complexity index is 566. The second-order valence-corrected chi connectivity index (χ2v) is 3.86. The van der Waals surface area contributed by atoms with E-state index in [1.54, 1.807) is 12.1 Å². The number of hydrogen-bond donors (Lipinski definition) is 0. The van der Waals surface area contributed by atoms with E-state index >= 15 is 0 Å². The summed E-state index contributed by atoms with van der Waals surface area (Å²) in [4.78, 5) is 15.6. The number of benzene rings is 1. The summed E-state index contributed by atoms with van der Waals surface area (Å²) in [5.41, 5.74) is 2.00. The van der Waals surface area contributed by atoms with Gasteiger partial charge < -0.3 is 4.74 Å². The normalized spacial score (nSPS) is 10.4. The summed E-state index contributed by atoms with van der Waals surface area (Å²) >= 11 is 6.04. The van der Waals surface area contributed by atoms with E-state index in [1.165, 1.54) is 7.11 Å². The summed E-state index contributed by atoms with van der Waals surface area (Å²) in [7, 11) is 1.33. The van der Waals surface area contributed by atoms with Gasteiger partial charge >= 0.3 is 5.97 Å². The molecule has 0 aliphatic heterocycles. The quantitative estimate of drug-likeness (QED) is 0.714. The van der Waals surface area contributed by atoms with E-state index in [9.17, 15) is 4.79 Å². The number of aryl methyl sites for hydroxylation is 1. The van der Waals surface area contributed by atoms with Crippen molar-refractivity contribution in [1.82, 2.24) is 4.98 Å². The predicted molar refractivity (Wildman–Crippen MR) is 62.8 cm³/mol. The van der Waals surface area contributed by atoms with Gasteiger partial charge in [0.15, 0.2) is 0 Å². The van der Waals surface area contributed by atoms with Gasteiger partial charge in [-0.1, -0.05) is 17.7 Å². The first-order valence-electron chi connectivity index (χ1n) is 4.77. The molecule has 3 nitrogen and oxygen atoms in total. The molecule has 82 valence electrons. The highest BCUT2D eigenvalue weighted by molar-refractivity contribution is 6.35. The van der Waals surface area contributed by atoms with Crippen LogP contribution in [0.4, 0.5) is 0 Å². The minimum absolute atomic E-state index is 0.292. The number of pyridine rings is 1. The molecule has 0 aliphatic carbocycles. The first-order chi connectivity index (χ1) is 7.63. The Hall–Kier alpha value is -1.61. The molecule has 4 heteroatoms. The number of aromatic nitrogens is 1. The van der Waals surface area contributed by atoms with Crippen LogP contribution >= 0.6 is 11.6 Å². The maximum atomic E-state index is 11.3. The van der Waals surface area contributed by atoms with E-state index in [4.69, 9.17) is 11.6 Å². The molecule has 0 amide bonds. The molecule has 0 saturated carbocycles. The summed E-state index contributed by atoms with van der Waals surface area (Å²) in [5, 5.41) is 1.47. The minimum Gasteiger partial charge on any atom is -0.464 e. The third kappa shape index (κ3) is 1.74. The van der Waals surface area contributed by atoms with Crippen LogP contribution in [-0.2, 0) is 4.74 Å². The lowest BCUT2D eigenvalue weighted by Crippen LogP contribution is -2.04. The highest BCUT2D eigenvalue weighted by Crippen LogP contribution is 2.25. The number of rotatable bonds is 1. The van der Waals surface area contributed by atoms with Crippen molar-refractivity contribution in [2.45, 2.75) is 6.92 Å². The van der Waals surface area contributed by atoms with Gasteiger partial charge in [-0.15, -0.1) is 0 Å². The van der Waals surface area contributed by atoms with Gasteiger partial charge in [-0.25, -0.2) is 9.78 Å². The van der Waals surface area contributed by atoms with Gasteiger partial charge in [-0.2, -0.15) is 0 Å². The van der Waals surface area contributed by atoms with Gasteiger partial charge in [0.2, 0.25) is 0 Å². The largest absolute Gasteiger partial charge is 0.464 e. The van der Waals surface area contributed by atoms with Gasteiger partial charge in [0, 0.05) is 10.4 Å². The molecule has 0 radical (unpaired) electrons. The van der Waals surface area contributed by atoms with E-state index < -0.39 is 5.97 Å². The first-order valence-corrected chi connectivity index (χ1v) is 5.15. The lowest BCUT2D eigenvalue weighted by Gasteiger charge is -2.05. The van der Waals surface area contributed by atoms with Crippen molar-refractivity contribution in [1.29, 1.82) is 0 Å². The Morgan fingerprint density at radius 1 is 1.31 bits per heavy atom. The molecule has 0 fully saturated rings. The molecule has 2 aromatic rings. The van der Waals surface area contributed by atoms with Crippen molar-refractivity contribution in [2.75, 3.05) is 7.11 Å². The van der Waals surface area contributed by atoms with Crippen LogP contribution in [0.25, 0.3) is 10.9 Å². The molecule has 2 rings (SSSR count). The van der Waals surface area contributed by atoms with Crippen molar-refractivity contribution >= 4 is 28.5 Å². The summed E-state index contributed by atoms with van der Waals surface area (Å²) in [6.45, 7) is 1.92. The van der Waals surface area contributed by atoms with Crippen LogP contribution in [-0.4, -0.2) is 18.1 Å². The Kier molecular flexibility index (Phi) is 2.79. The Morgan fingerprint density at radius 2 is 2.06 bits per heavy atom. The first kappa shape index (κ1) is 10.9. The molecule has 0 saturated heterocycles. The molecule has 0 spiro atoms. The van der Waals surface area contributed by atoms with Gasteiger partial charge in [0.25, 0.3) is 0 Å². The molecule has 0 bridgehead atoms. The van der Waals surface area contributed by atoms with Gasteiger partial charge in [0.1, 0.15) is 5.69 Å². The van der Waals surface area contributed by atoms with Crippen molar-refractivity contribution in [3.63, 3.8) is 0 Å². The SMILES string of the molecule is COC(=O)c1ccc2c(Cl)ccc(C)c2n1. The fraction of sp³-hybridized carbons (Fsp3) is 0.167. The highest BCUT2D eigenvalue weighted by Gasteiger charge is 2.10. The average Bonchev–Trinajstić information content (AvgIpc) is 2.32. The third-order valence-corrected chi connectivity index (χ3v) is 2.73. The molecule has 0 N–H and O–H groups in total. The zero-order valence-corrected chi connectivity index (χ0v) is 9.71. The predicted octanol–water partition coefficient (Wildman–Crippen LogP) is 2.98. The van der Waals surface area contributed by atoms with Crippen LogP contribution in [0.1, 0.15) is 16.1 Å². The summed E-state index contributed by atoms with van der Waals surface area (Å²) in [5.74, 6) is -0.443. The van der Waals surface area contributed by atoms with Crippen molar-refractivity contribution in [2.24, 2.45) is 0 Å². The van der Waals surface area contributed by atoms with E-state index in [0.29, 0.717) is 10.7 Å². The fourth-order valence-electron chi connectivity index (χ4n) is 1.54. The number of hydrogen-bond acceptors (Lipinski definition) is 3. The van der Waals surface area contributed by atoms with Crippen LogP contribution in [0, 0.1) is 6.92 Å². The fourth-order valence-corrected chi connectivity index (χ4v) is 1.75. The number of methoxy groups -OCH3 is 1. The van der Waals surface area contributed by atoms with Crippen LogP contribution < -0.4 is 0 Å². The van der Waals surface area contributed by atoms with Crippen LogP contribution in [0.15, 0.2) is 24.3 Å². The summed E-state index contributed by atoms with van der Waals surface area (Å²) in [6, 6.07) is 7.08. The van der Waals surface area contributed by atoms with E-state index in [0.717, 1.165) is 16.5 Å². The maximum Gasteiger partial charge on any atom is 0.356 e. The van der Waals surface area contributed by atoms with E-state index in [-0.39, 0.29) is 0 Å².